The van der Waals surface area contributed by atoms with Gasteiger partial charge in [0.2, 0.25) is 0 Å². The van der Waals surface area contributed by atoms with Gasteiger partial charge >= 0.3 is 12.3 Å². The number of nitrogens with zero attached hydrogens (tertiary/aromatic N) is 2. The molecule has 0 saturated carbocycles. The molecule has 0 saturated heterocycles. The lowest BCUT2D eigenvalue weighted by atomic mass is 10.2. The number of halogens is 4. The first kappa shape index (κ1) is 25.8. The molecular formula is C23H24F4N4O4. The van der Waals surface area contributed by atoms with Gasteiger partial charge in [-0.25, -0.2) is 9.18 Å². The first-order valence-corrected chi connectivity index (χ1v) is 10.5. The van der Waals surface area contributed by atoms with Crippen LogP contribution in [0.5, 0.6) is 5.75 Å². The molecule has 0 spiro atoms. The van der Waals surface area contributed by atoms with E-state index in [-0.39, 0.29) is 31.3 Å². The minimum Gasteiger partial charge on any atom is -0.489 e. The zero-order valence-electron chi connectivity index (χ0n) is 19.2. The highest BCUT2D eigenvalue weighted by Crippen LogP contribution is 2.28. The fourth-order valence-corrected chi connectivity index (χ4v) is 2.78. The highest BCUT2D eigenvalue weighted by Gasteiger charge is 2.32. The molecule has 35 heavy (non-hydrogen) atoms. The number of anilines is 1. The minimum absolute atomic E-state index is 0.0388. The average molecular weight is 496 g/mol. The Hall–Kier alpha value is -3.83. The number of alkyl halides is 3. The molecule has 0 unspecified atom stereocenters. The van der Waals surface area contributed by atoms with Gasteiger partial charge in [-0.3, -0.25) is 4.98 Å². The molecule has 2 aromatic heterocycles. The fourth-order valence-electron chi connectivity index (χ4n) is 2.78. The largest absolute Gasteiger partial charge is 0.489 e. The number of rotatable bonds is 8. The predicted molar refractivity (Wildman–Crippen MR) is 119 cm³/mol. The summed E-state index contributed by atoms with van der Waals surface area (Å²) in [5.74, 6) is 0.362. The van der Waals surface area contributed by atoms with Crippen molar-refractivity contribution in [3.8, 4) is 5.75 Å². The Kier molecular flexibility index (Phi) is 7.82. The van der Waals surface area contributed by atoms with Gasteiger partial charge in [0, 0.05) is 30.9 Å². The van der Waals surface area contributed by atoms with E-state index < -0.39 is 23.6 Å². The second-order valence-corrected chi connectivity index (χ2v) is 8.46. The van der Waals surface area contributed by atoms with Crippen LogP contribution in [0.15, 0.2) is 52.8 Å². The summed E-state index contributed by atoms with van der Waals surface area (Å²) in [7, 11) is 0. The molecule has 0 radical (unpaired) electrons. The molecular weight excluding hydrogens is 472 g/mol. The van der Waals surface area contributed by atoms with Crippen molar-refractivity contribution in [2.45, 2.75) is 39.1 Å². The number of ether oxygens (including phenoxy) is 2. The number of aromatic nitrogens is 2. The van der Waals surface area contributed by atoms with Crippen LogP contribution >= 0.6 is 0 Å². The van der Waals surface area contributed by atoms with Crippen molar-refractivity contribution < 1.29 is 36.2 Å². The second-order valence-electron chi connectivity index (χ2n) is 8.46. The first-order chi connectivity index (χ1) is 16.4. The average Bonchev–Trinajstić information content (AvgIpc) is 3.18. The van der Waals surface area contributed by atoms with Gasteiger partial charge in [0.15, 0.2) is 5.58 Å². The molecule has 2 N–H and O–H groups in total. The molecule has 3 aromatic rings. The van der Waals surface area contributed by atoms with Crippen LogP contribution in [0.25, 0.3) is 11.1 Å². The summed E-state index contributed by atoms with van der Waals surface area (Å²) in [6, 6.07) is 7.25. The number of benzene rings is 1. The van der Waals surface area contributed by atoms with E-state index in [1.54, 1.807) is 39.0 Å². The molecule has 12 heteroatoms. The number of amides is 1. The summed E-state index contributed by atoms with van der Waals surface area (Å²) in [5.41, 5.74) is -0.300. The Labute approximate surface area is 198 Å². The molecule has 2 heterocycles. The number of hydrogen-bond donors (Lipinski definition) is 2. The van der Waals surface area contributed by atoms with Crippen LogP contribution in [-0.4, -0.2) is 34.8 Å². The monoisotopic (exact) mass is 496 g/mol. The normalized spacial score (nSPS) is 12.5. The van der Waals surface area contributed by atoms with Crippen molar-refractivity contribution >= 4 is 23.2 Å². The van der Waals surface area contributed by atoms with E-state index in [2.05, 4.69) is 20.6 Å². The topological polar surface area (TPSA) is 98.5 Å². The molecule has 8 nitrogen and oxygen atoms in total. The highest BCUT2D eigenvalue weighted by atomic mass is 19.4. The van der Waals surface area contributed by atoms with Crippen molar-refractivity contribution in [1.29, 1.82) is 0 Å². The zero-order chi connectivity index (χ0) is 25.6. The number of carbonyl (C=O) groups excluding carboxylic acids is 1. The number of nitrogens with one attached hydrogen (secondary N) is 2. The lowest BCUT2D eigenvalue weighted by Crippen LogP contribution is -2.34. The predicted octanol–water partition coefficient (Wildman–Crippen LogP) is 5.61. The Morgan fingerprint density at radius 3 is 2.63 bits per heavy atom. The van der Waals surface area contributed by atoms with E-state index in [9.17, 15) is 22.4 Å². The van der Waals surface area contributed by atoms with E-state index >= 15 is 0 Å². The summed E-state index contributed by atoms with van der Waals surface area (Å²) < 4.78 is 67.8. The van der Waals surface area contributed by atoms with Crippen LogP contribution in [-0.2, 0) is 17.5 Å². The number of oxazole rings is 1. The van der Waals surface area contributed by atoms with Gasteiger partial charge in [-0.1, -0.05) is 0 Å². The summed E-state index contributed by atoms with van der Waals surface area (Å²) in [5, 5.41) is 5.27. The molecule has 3 rings (SSSR count). The smallest absolute Gasteiger partial charge is 0.433 e. The van der Waals surface area contributed by atoms with Gasteiger partial charge in [0.05, 0.1) is 6.33 Å². The molecule has 0 fully saturated rings. The van der Waals surface area contributed by atoms with Crippen molar-refractivity contribution in [2.75, 3.05) is 18.5 Å². The van der Waals surface area contributed by atoms with Gasteiger partial charge in [0.1, 0.15) is 29.2 Å². The van der Waals surface area contributed by atoms with E-state index in [0.29, 0.717) is 28.7 Å². The highest BCUT2D eigenvalue weighted by molar-refractivity contribution is 5.76. The van der Waals surface area contributed by atoms with Crippen LogP contribution in [0.1, 0.15) is 32.0 Å². The van der Waals surface area contributed by atoms with Crippen LogP contribution < -0.4 is 15.4 Å². The Bertz CT molecular complexity index is 1200. The standard InChI is InChI=1S/C23H24F4N4O4/c1-22(2,3)35-21(32)30-12-15(10-24)13-33-16-4-5-17-18(9-16)34-20(31-17)29-11-14-6-7-28-19(8-14)23(25,26)27/h4-10H,11-13H2,1-3H3,(H,29,31)(H,30,32). The molecule has 0 bridgehead atoms. The third-order valence-electron chi connectivity index (χ3n) is 4.36. The maximum atomic E-state index is 13.2. The number of fused-ring (bicyclic) bond motifs is 1. The van der Waals surface area contributed by atoms with Crippen LogP contribution in [0.3, 0.4) is 0 Å². The molecule has 0 aliphatic rings. The molecule has 1 amide bonds. The number of hydrogen-bond acceptors (Lipinski definition) is 7. The number of carbonyl (C=O) groups is 1. The van der Waals surface area contributed by atoms with E-state index in [4.69, 9.17) is 13.9 Å². The summed E-state index contributed by atoms with van der Waals surface area (Å²) in [6.07, 6.45) is -3.79. The maximum absolute atomic E-state index is 13.2. The van der Waals surface area contributed by atoms with Crippen molar-refractivity contribution in [1.82, 2.24) is 15.3 Å². The van der Waals surface area contributed by atoms with E-state index in [0.717, 1.165) is 12.3 Å². The van der Waals surface area contributed by atoms with Gasteiger partial charge in [0.25, 0.3) is 6.01 Å². The maximum Gasteiger partial charge on any atom is 0.433 e. The van der Waals surface area contributed by atoms with Crippen LogP contribution in [0.4, 0.5) is 28.4 Å². The third-order valence-corrected chi connectivity index (χ3v) is 4.36. The lowest BCUT2D eigenvalue weighted by Gasteiger charge is -2.20. The molecule has 188 valence electrons. The van der Waals surface area contributed by atoms with E-state index in [1.165, 1.54) is 6.07 Å². The lowest BCUT2D eigenvalue weighted by molar-refractivity contribution is -0.141. The third kappa shape index (κ3) is 7.87. The van der Waals surface area contributed by atoms with Gasteiger partial charge in [-0.15, -0.1) is 0 Å². The van der Waals surface area contributed by atoms with Gasteiger partial charge in [-0.2, -0.15) is 18.2 Å². The van der Waals surface area contributed by atoms with Gasteiger partial charge < -0.3 is 24.5 Å². The van der Waals surface area contributed by atoms with Crippen LogP contribution in [0.2, 0.25) is 0 Å². The molecule has 1 aromatic carbocycles. The minimum atomic E-state index is -4.53. The van der Waals surface area contributed by atoms with Gasteiger partial charge in [-0.05, 0) is 50.6 Å². The van der Waals surface area contributed by atoms with Crippen LogP contribution in [0, 0.1) is 0 Å². The SMILES string of the molecule is CC(C)(C)OC(=O)NCC(=CF)COc1ccc2nc(NCc3ccnc(C(F)(F)F)c3)oc2c1. The Balaban J connectivity index is 1.56. The quantitative estimate of drug-likeness (QED) is 0.391. The summed E-state index contributed by atoms with van der Waals surface area (Å²) >= 11 is 0. The number of pyridine rings is 1. The number of alkyl carbamates (subject to hydrolysis) is 1. The fraction of sp³-hybridized carbons (Fsp3) is 0.348. The van der Waals surface area contributed by atoms with Crippen molar-refractivity contribution in [2.24, 2.45) is 0 Å². The molecule has 0 aliphatic heterocycles. The Morgan fingerprint density at radius 1 is 1.17 bits per heavy atom. The Morgan fingerprint density at radius 2 is 1.94 bits per heavy atom. The summed E-state index contributed by atoms with van der Waals surface area (Å²) in [4.78, 5) is 19.2. The molecule has 0 atom stereocenters. The van der Waals surface area contributed by atoms with Crippen molar-refractivity contribution in [3.05, 3.63) is 59.7 Å². The van der Waals surface area contributed by atoms with E-state index in [1.807, 2.05) is 0 Å². The second kappa shape index (κ2) is 10.6. The first-order valence-electron chi connectivity index (χ1n) is 10.5. The van der Waals surface area contributed by atoms with Crippen molar-refractivity contribution in [3.63, 3.8) is 0 Å². The molecule has 0 aliphatic carbocycles. The summed E-state index contributed by atoms with van der Waals surface area (Å²) in [6.45, 7) is 4.94. The zero-order valence-corrected chi connectivity index (χ0v) is 19.2.